The van der Waals surface area contributed by atoms with Gasteiger partial charge in [-0.1, -0.05) is 0 Å². The number of aryl methyl sites for hydroxylation is 2. The Labute approximate surface area is 126 Å². The highest BCUT2D eigenvalue weighted by Crippen LogP contribution is 2.13. The number of hydrogen-bond acceptors (Lipinski definition) is 5. The van der Waals surface area contributed by atoms with Gasteiger partial charge in [-0.3, -0.25) is 9.48 Å². The summed E-state index contributed by atoms with van der Waals surface area (Å²) in [6.45, 7) is 2.56. The summed E-state index contributed by atoms with van der Waals surface area (Å²) in [5.74, 6) is -0.0995. The van der Waals surface area contributed by atoms with Crippen molar-refractivity contribution in [1.82, 2.24) is 23.8 Å². The smallest absolute Gasteiger partial charge is 0.251 e. The number of fused-ring (bicyclic) bond motifs is 1. The summed E-state index contributed by atoms with van der Waals surface area (Å²) in [4.78, 5) is 12.1. The maximum Gasteiger partial charge on any atom is 0.251 e. The van der Waals surface area contributed by atoms with Crippen LogP contribution < -0.4 is 5.32 Å². The fourth-order valence-corrected chi connectivity index (χ4v) is 2.60. The van der Waals surface area contributed by atoms with E-state index in [0.717, 1.165) is 34.1 Å². The van der Waals surface area contributed by atoms with Gasteiger partial charge in [-0.05, 0) is 31.2 Å². The van der Waals surface area contributed by atoms with Crippen molar-refractivity contribution in [2.75, 3.05) is 6.54 Å². The third-order valence-electron chi connectivity index (χ3n) is 3.35. The van der Waals surface area contributed by atoms with E-state index in [-0.39, 0.29) is 5.91 Å². The van der Waals surface area contributed by atoms with Gasteiger partial charge in [0.25, 0.3) is 5.91 Å². The number of carbonyl (C=O) groups excluding carboxylic acids is 1. The quantitative estimate of drug-likeness (QED) is 0.796. The van der Waals surface area contributed by atoms with E-state index in [1.807, 2.05) is 30.8 Å². The highest BCUT2D eigenvalue weighted by molar-refractivity contribution is 7.00. The summed E-state index contributed by atoms with van der Waals surface area (Å²) in [6.07, 6.45) is 0.716. The predicted molar refractivity (Wildman–Crippen MR) is 81.4 cm³/mol. The number of amides is 1. The predicted octanol–water partition coefficient (Wildman–Crippen LogP) is 1.71. The Balaban J connectivity index is 1.60. The molecule has 2 aromatic heterocycles. The lowest BCUT2D eigenvalue weighted by Gasteiger charge is -2.03. The number of nitrogens with zero attached hydrogens (tertiary/aromatic N) is 4. The molecule has 1 aromatic carbocycles. The Kier molecular flexibility index (Phi) is 3.66. The molecule has 1 N–H and O–H groups in total. The van der Waals surface area contributed by atoms with Crippen molar-refractivity contribution < 1.29 is 4.79 Å². The van der Waals surface area contributed by atoms with E-state index in [4.69, 9.17) is 0 Å². The molecule has 0 bridgehead atoms. The number of carbonyl (C=O) groups is 1. The second kappa shape index (κ2) is 5.61. The lowest BCUT2D eigenvalue weighted by molar-refractivity contribution is 0.0954. The van der Waals surface area contributed by atoms with Crippen LogP contribution in [0, 0.1) is 6.92 Å². The van der Waals surface area contributed by atoms with E-state index in [1.54, 1.807) is 12.1 Å². The molecular formula is C14H15N5OS. The minimum atomic E-state index is -0.0995. The second-order valence-corrected chi connectivity index (χ2v) is 5.40. The van der Waals surface area contributed by atoms with Crippen LogP contribution >= 0.6 is 11.7 Å². The fraction of sp³-hybridized carbons (Fsp3) is 0.286. The van der Waals surface area contributed by atoms with E-state index in [9.17, 15) is 4.79 Å². The minimum absolute atomic E-state index is 0.0995. The summed E-state index contributed by atoms with van der Waals surface area (Å²) in [5.41, 5.74) is 4.27. The molecule has 0 atom stereocenters. The largest absolute Gasteiger partial charge is 0.352 e. The number of nitrogens with one attached hydrogen (secondary N) is 1. The first-order valence-corrected chi connectivity index (χ1v) is 7.36. The van der Waals surface area contributed by atoms with Crippen LogP contribution in [-0.4, -0.2) is 31.0 Å². The molecule has 0 aliphatic carbocycles. The van der Waals surface area contributed by atoms with Crippen molar-refractivity contribution in [2.45, 2.75) is 13.3 Å². The first kappa shape index (κ1) is 13.7. The van der Waals surface area contributed by atoms with E-state index >= 15 is 0 Å². The molecular weight excluding hydrogens is 286 g/mol. The minimum Gasteiger partial charge on any atom is -0.352 e. The van der Waals surface area contributed by atoms with Crippen LogP contribution in [0.2, 0.25) is 0 Å². The molecule has 0 fully saturated rings. The lowest BCUT2D eigenvalue weighted by Crippen LogP contribution is -2.25. The van der Waals surface area contributed by atoms with Gasteiger partial charge in [0, 0.05) is 31.3 Å². The first-order valence-electron chi connectivity index (χ1n) is 6.63. The summed E-state index contributed by atoms with van der Waals surface area (Å²) in [6, 6.07) is 7.37. The summed E-state index contributed by atoms with van der Waals surface area (Å²) in [5, 5.41) is 7.26. The molecule has 3 rings (SSSR count). The fourth-order valence-electron chi connectivity index (χ4n) is 2.09. The molecule has 0 saturated carbocycles. The van der Waals surface area contributed by atoms with Gasteiger partial charge in [0.05, 0.1) is 17.4 Å². The molecule has 7 heteroatoms. The van der Waals surface area contributed by atoms with Gasteiger partial charge in [0.2, 0.25) is 0 Å². The Morgan fingerprint density at radius 2 is 2.10 bits per heavy atom. The molecule has 0 unspecified atom stereocenters. The van der Waals surface area contributed by atoms with Crippen LogP contribution in [0.1, 0.15) is 21.7 Å². The van der Waals surface area contributed by atoms with Crippen molar-refractivity contribution in [3.05, 3.63) is 41.2 Å². The highest BCUT2D eigenvalue weighted by atomic mass is 32.1. The summed E-state index contributed by atoms with van der Waals surface area (Å²) in [7, 11) is 1.91. The third kappa shape index (κ3) is 2.92. The highest BCUT2D eigenvalue weighted by Gasteiger charge is 2.08. The molecule has 0 spiro atoms. The number of rotatable bonds is 4. The van der Waals surface area contributed by atoms with Crippen molar-refractivity contribution in [3.8, 4) is 0 Å². The van der Waals surface area contributed by atoms with Crippen LogP contribution in [-0.2, 0) is 13.5 Å². The summed E-state index contributed by atoms with van der Waals surface area (Å²) < 4.78 is 10.1. The van der Waals surface area contributed by atoms with Crippen molar-refractivity contribution in [1.29, 1.82) is 0 Å². The second-order valence-electron chi connectivity index (χ2n) is 4.87. The Hall–Kier alpha value is -2.28. The van der Waals surface area contributed by atoms with Gasteiger partial charge in [-0.15, -0.1) is 0 Å². The zero-order valence-electron chi connectivity index (χ0n) is 11.8. The molecule has 0 aliphatic heterocycles. The Morgan fingerprint density at radius 3 is 2.86 bits per heavy atom. The van der Waals surface area contributed by atoms with Gasteiger partial charge in [-0.2, -0.15) is 13.8 Å². The zero-order valence-corrected chi connectivity index (χ0v) is 12.6. The third-order valence-corrected chi connectivity index (χ3v) is 3.90. The standard InChI is InChI=1S/C14H15N5OS/c1-9-7-11(16-19(9)2)5-6-15-14(20)10-3-4-12-13(8-10)18-21-17-12/h3-4,7-8H,5-6H2,1-2H3,(H,15,20). The van der Waals surface area contributed by atoms with Crippen LogP contribution in [0.4, 0.5) is 0 Å². The molecule has 108 valence electrons. The van der Waals surface area contributed by atoms with E-state index in [1.165, 1.54) is 0 Å². The van der Waals surface area contributed by atoms with Gasteiger partial charge in [-0.25, -0.2) is 0 Å². The molecule has 2 heterocycles. The lowest BCUT2D eigenvalue weighted by atomic mass is 10.2. The number of aromatic nitrogens is 4. The number of hydrogen-bond donors (Lipinski definition) is 1. The van der Waals surface area contributed by atoms with E-state index < -0.39 is 0 Å². The molecule has 21 heavy (non-hydrogen) atoms. The summed E-state index contributed by atoms with van der Waals surface area (Å²) >= 11 is 1.15. The average Bonchev–Trinajstić information content (AvgIpc) is 3.05. The molecule has 1 amide bonds. The van der Waals surface area contributed by atoms with Gasteiger partial charge in [0.15, 0.2) is 0 Å². The molecule has 3 aromatic rings. The van der Waals surface area contributed by atoms with Crippen molar-refractivity contribution in [2.24, 2.45) is 7.05 Å². The van der Waals surface area contributed by atoms with Crippen LogP contribution in [0.5, 0.6) is 0 Å². The van der Waals surface area contributed by atoms with E-state index in [0.29, 0.717) is 18.5 Å². The maximum absolute atomic E-state index is 12.1. The van der Waals surface area contributed by atoms with Gasteiger partial charge >= 0.3 is 0 Å². The topological polar surface area (TPSA) is 72.7 Å². The SMILES string of the molecule is Cc1cc(CCNC(=O)c2ccc3nsnc3c2)nn1C. The van der Waals surface area contributed by atoms with Crippen LogP contribution in [0.3, 0.4) is 0 Å². The molecule has 0 aliphatic rings. The van der Waals surface area contributed by atoms with E-state index in [2.05, 4.69) is 19.2 Å². The van der Waals surface area contributed by atoms with Gasteiger partial charge < -0.3 is 5.32 Å². The van der Waals surface area contributed by atoms with Crippen LogP contribution in [0.25, 0.3) is 11.0 Å². The number of benzene rings is 1. The van der Waals surface area contributed by atoms with Crippen LogP contribution in [0.15, 0.2) is 24.3 Å². The average molecular weight is 301 g/mol. The first-order chi connectivity index (χ1) is 10.1. The Bertz CT molecular complexity index is 772. The molecule has 6 nitrogen and oxygen atoms in total. The zero-order chi connectivity index (χ0) is 14.8. The molecule has 0 radical (unpaired) electrons. The monoisotopic (exact) mass is 301 g/mol. The molecule has 0 saturated heterocycles. The van der Waals surface area contributed by atoms with Crippen molar-refractivity contribution in [3.63, 3.8) is 0 Å². The van der Waals surface area contributed by atoms with Gasteiger partial charge in [0.1, 0.15) is 11.0 Å². The normalized spacial score (nSPS) is 11.0. The maximum atomic E-state index is 12.1. The van der Waals surface area contributed by atoms with Crippen molar-refractivity contribution >= 4 is 28.7 Å². The Morgan fingerprint density at radius 1 is 1.29 bits per heavy atom.